The van der Waals surface area contributed by atoms with Crippen LogP contribution in [-0.4, -0.2) is 7.05 Å². The van der Waals surface area contributed by atoms with Crippen molar-refractivity contribution in [3.05, 3.63) is 54.1 Å². The molecule has 4 heteroatoms. The average molecular weight is 389 g/mol. The van der Waals surface area contributed by atoms with Crippen molar-refractivity contribution in [1.29, 1.82) is 0 Å². The summed E-state index contributed by atoms with van der Waals surface area (Å²) in [5.41, 5.74) is 2.55. The van der Waals surface area contributed by atoms with Crippen molar-refractivity contribution in [2.24, 2.45) is 0 Å². The van der Waals surface area contributed by atoms with Crippen molar-refractivity contribution in [3.8, 4) is 0 Å². The Morgan fingerprint density at radius 3 is 2.33 bits per heavy atom. The predicted molar refractivity (Wildman–Crippen MR) is 86.5 cm³/mol. The van der Waals surface area contributed by atoms with Crippen LogP contribution in [0.3, 0.4) is 0 Å². The van der Waals surface area contributed by atoms with Crippen molar-refractivity contribution in [2.75, 3.05) is 7.05 Å². The Morgan fingerprint density at radius 2 is 1.83 bits per heavy atom. The summed E-state index contributed by atoms with van der Waals surface area (Å²) in [4.78, 5) is 2.65. The van der Waals surface area contributed by atoms with E-state index in [0.717, 1.165) is 4.47 Å². The second kappa shape index (κ2) is 5.87. The van der Waals surface area contributed by atoms with E-state index in [2.05, 4.69) is 75.3 Å². The fourth-order valence-corrected chi connectivity index (χ4v) is 4.72. The molecule has 0 fully saturated rings. The molecule has 0 amide bonds. The lowest BCUT2D eigenvalue weighted by molar-refractivity contribution is 0.700. The molecule has 1 aromatic carbocycles. The molecule has 1 atom stereocenters. The molecule has 0 aliphatic heterocycles. The third-order valence-electron chi connectivity index (χ3n) is 2.78. The summed E-state index contributed by atoms with van der Waals surface area (Å²) < 4.78 is 2.31. The Balaban J connectivity index is 2.48. The van der Waals surface area contributed by atoms with Crippen LogP contribution in [0.2, 0.25) is 0 Å². The lowest BCUT2D eigenvalue weighted by atomic mass is 10.0. The van der Waals surface area contributed by atoms with Crippen molar-refractivity contribution in [3.63, 3.8) is 0 Å². The van der Waals surface area contributed by atoms with Crippen LogP contribution in [0.4, 0.5) is 0 Å². The van der Waals surface area contributed by atoms with Crippen molar-refractivity contribution < 1.29 is 0 Å². The lowest BCUT2D eigenvalue weighted by Crippen LogP contribution is -2.17. The van der Waals surface area contributed by atoms with Gasteiger partial charge < -0.3 is 5.32 Å². The minimum atomic E-state index is 0.231. The third-order valence-corrected chi connectivity index (χ3v) is 5.28. The van der Waals surface area contributed by atoms with Gasteiger partial charge in [-0.05, 0) is 66.2 Å². The van der Waals surface area contributed by atoms with E-state index in [1.807, 2.05) is 18.4 Å². The molecule has 18 heavy (non-hydrogen) atoms. The maximum absolute atomic E-state index is 3.65. The van der Waals surface area contributed by atoms with E-state index >= 15 is 0 Å². The first-order chi connectivity index (χ1) is 8.51. The van der Waals surface area contributed by atoms with E-state index in [-0.39, 0.29) is 6.04 Å². The second-order valence-corrected chi connectivity index (χ2v) is 7.41. The summed E-state index contributed by atoms with van der Waals surface area (Å²) in [5, 5.41) is 3.40. The predicted octanol–water partition coefficient (Wildman–Crippen LogP) is 5.20. The van der Waals surface area contributed by atoms with Crippen LogP contribution >= 0.6 is 43.2 Å². The average Bonchev–Trinajstić information content (AvgIpc) is 2.58. The maximum Gasteiger partial charge on any atom is 0.0680 e. The first-order valence-electron chi connectivity index (χ1n) is 5.71. The van der Waals surface area contributed by atoms with Gasteiger partial charge in [0, 0.05) is 18.7 Å². The monoisotopic (exact) mass is 387 g/mol. The fourth-order valence-electron chi connectivity index (χ4n) is 2.08. The van der Waals surface area contributed by atoms with Crippen LogP contribution in [0, 0.1) is 13.8 Å². The third kappa shape index (κ3) is 3.05. The molecule has 1 aromatic heterocycles. The van der Waals surface area contributed by atoms with Crippen LogP contribution in [0.5, 0.6) is 0 Å². The summed E-state index contributed by atoms with van der Waals surface area (Å²) in [6, 6.07) is 8.94. The van der Waals surface area contributed by atoms with E-state index in [1.54, 1.807) is 0 Å². The summed E-state index contributed by atoms with van der Waals surface area (Å²) in [7, 11) is 2.00. The second-order valence-electron chi connectivity index (χ2n) is 4.35. The maximum atomic E-state index is 3.65. The zero-order valence-corrected chi connectivity index (χ0v) is 14.5. The molecule has 1 unspecified atom stereocenters. The topological polar surface area (TPSA) is 12.0 Å². The molecule has 1 heterocycles. The molecule has 1 N–H and O–H groups in total. The normalized spacial score (nSPS) is 12.7. The van der Waals surface area contributed by atoms with E-state index in [4.69, 9.17) is 0 Å². The van der Waals surface area contributed by atoms with Crippen molar-refractivity contribution >= 4 is 43.2 Å². The van der Waals surface area contributed by atoms with Gasteiger partial charge in [-0.25, -0.2) is 0 Å². The molecule has 0 spiro atoms. The Bertz CT molecular complexity index is 543. The van der Waals surface area contributed by atoms with Gasteiger partial charge in [0.1, 0.15) is 0 Å². The molecule has 0 aliphatic carbocycles. The highest BCUT2D eigenvalue weighted by atomic mass is 79.9. The number of nitrogens with one attached hydrogen (secondary N) is 1. The number of thiophene rings is 1. The molecular formula is C14H15Br2NS. The summed E-state index contributed by atoms with van der Waals surface area (Å²) in [6.45, 7) is 4.26. The van der Waals surface area contributed by atoms with Crippen molar-refractivity contribution in [2.45, 2.75) is 19.9 Å². The Kier molecular flexibility index (Phi) is 4.64. The van der Waals surface area contributed by atoms with E-state index < -0.39 is 0 Å². The Hall–Kier alpha value is -0.160. The number of hydrogen-bond donors (Lipinski definition) is 1. The molecule has 0 aliphatic rings. The fraction of sp³-hybridized carbons (Fsp3) is 0.286. The molecule has 0 bridgehead atoms. The standard InChI is InChI=1S/C14H15Br2NS/c1-8-4-10(7-11(15)5-8)13(17-3)14-12(16)6-9(2)18-14/h4-7,13,17H,1-3H3. The number of aryl methyl sites for hydroxylation is 2. The van der Waals surface area contributed by atoms with Crippen LogP contribution in [0.25, 0.3) is 0 Å². The number of benzene rings is 1. The first-order valence-corrected chi connectivity index (χ1v) is 8.11. The number of rotatable bonds is 3. The van der Waals surface area contributed by atoms with Gasteiger partial charge >= 0.3 is 0 Å². The lowest BCUT2D eigenvalue weighted by Gasteiger charge is -2.17. The first kappa shape index (κ1) is 14.3. The molecule has 0 saturated carbocycles. The van der Waals surface area contributed by atoms with E-state index in [0.29, 0.717) is 0 Å². The largest absolute Gasteiger partial charge is 0.309 e. The minimum absolute atomic E-state index is 0.231. The molecule has 2 rings (SSSR count). The molecule has 0 saturated heterocycles. The number of hydrogen-bond acceptors (Lipinski definition) is 2. The SMILES string of the molecule is CNC(c1cc(C)cc(Br)c1)c1sc(C)cc1Br. The van der Waals surface area contributed by atoms with Crippen LogP contribution in [-0.2, 0) is 0 Å². The van der Waals surface area contributed by atoms with Gasteiger partial charge in [-0.3, -0.25) is 0 Å². The number of halogens is 2. The smallest absolute Gasteiger partial charge is 0.0680 e. The Labute approximate surface area is 129 Å². The van der Waals surface area contributed by atoms with Gasteiger partial charge in [0.05, 0.1) is 6.04 Å². The molecule has 1 nitrogen and oxygen atoms in total. The highest BCUT2D eigenvalue weighted by molar-refractivity contribution is 9.10. The Morgan fingerprint density at radius 1 is 1.11 bits per heavy atom. The minimum Gasteiger partial charge on any atom is -0.309 e. The van der Waals surface area contributed by atoms with Gasteiger partial charge in [-0.15, -0.1) is 11.3 Å². The summed E-state index contributed by atoms with van der Waals surface area (Å²) >= 11 is 9.05. The zero-order chi connectivity index (χ0) is 13.3. The van der Waals surface area contributed by atoms with Crippen LogP contribution < -0.4 is 5.32 Å². The van der Waals surface area contributed by atoms with Gasteiger partial charge in [0.15, 0.2) is 0 Å². The quantitative estimate of drug-likeness (QED) is 0.761. The van der Waals surface area contributed by atoms with Gasteiger partial charge in [-0.1, -0.05) is 22.0 Å². The van der Waals surface area contributed by atoms with Gasteiger partial charge in [-0.2, -0.15) is 0 Å². The molecule has 96 valence electrons. The van der Waals surface area contributed by atoms with E-state index in [9.17, 15) is 0 Å². The van der Waals surface area contributed by atoms with Crippen LogP contribution in [0.1, 0.15) is 26.9 Å². The van der Waals surface area contributed by atoms with Gasteiger partial charge in [0.25, 0.3) is 0 Å². The molecular weight excluding hydrogens is 374 g/mol. The highest BCUT2D eigenvalue weighted by Gasteiger charge is 2.18. The summed E-state index contributed by atoms with van der Waals surface area (Å²) in [6.07, 6.45) is 0. The van der Waals surface area contributed by atoms with Crippen LogP contribution in [0.15, 0.2) is 33.2 Å². The van der Waals surface area contributed by atoms with Crippen molar-refractivity contribution in [1.82, 2.24) is 5.32 Å². The highest BCUT2D eigenvalue weighted by Crippen LogP contribution is 2.36. The molecule has 0 radical (unpaired) electrons. The van der Waals surface area contributed by atoms with E-state index in [1.165, 1.54) is 25.4 Å². The summed E-state index contributed by atoms with van der Waals surface area (Å²) in [5.74, 6) is 0. The van der Waals surface area contributed by atoms with Gasteiger partial charge in [0.2, 0.25) is 0 Å². The zero-order valence-electron chi connectivity index (χ0n) is 10.6. The molecule has 2 aromatic rings.